The predicted molar refractivity (Wildman–Crippen MR) is 71.5 cm³/mol. The minimum Gasteiger partial charge on any atom is -0.496 e. The minimum atomic E-state index is -0.467. The molecule has 0 radical (unpaired) electrons. The van der Waals surface area contributed by atoms with Crippen LogP contribution >= 0.6 is 0 Å². The summed E-state index contributed by atoms with van der Waals surface area (Å²) in [5, 5.41) is 1.65. The van der Waals surface area contributed by atoms with Gasteiger partial charge in [0.2, 0.25) is 5.78 Å². The van der Waals surface area contributed by atoms with E-state index in [1.165, 1.54) is 6.92 Å². The van der Waals surface area contributed by atoms with Crippen LogP contribution in [0.15, 0.2) is 36.4 Å². The molecule has 4 nitrogen and oxygen atoms in total. The normalized spacial score (nSPS) is 10.2. The summed E-state index contributed by atoms with van der Waals surface area (Å²) in [6, 6.07) is 10.9. The Labute approximate surface area is 110 Å². The van der Waals surface area contributed by atoms with Gasteiger partial charge in [-0.05, 0) is 17.5 Å². The van der Waals surface area contributed by atoms with Crippen LogP contribution in [-0.2, 0) is 9.53 Å². The number of esters is 1. The molecule has 2 rings (SSSR count). The van der Waals surface area contributed by atoms with Gasteiger partial charge in [0.05, 0.1) is 7.11 Å². The molecule has 2 aromatic rings. The average molecular weight is 258 g/mol. The van der Waals surface area contributed by atoms with Crippen LogP contribution < -0.4 is 4.74 Å². The fourth-order valence-electron chi connectivity index (χ4n) is 1.94. The van der Waals surface area contributed by atoms with Gasteiger partial charge < -0.3 is 9.47 Å². The second-order valence-corrected chi connectivity index (χ2v) is 4.06. The van der Waals surface area contributed by atoms with Gasteiger partial charge in [0.25, 0.3) is 0 Å². The molecule has 4 heteroatoms. The lowest BCUT2D eigenvalue weighted by Crippen LogP contribution is -2.12. The van der Waals surface area contributed by atoms with Crippen LogP contribution in [-0.4, -0.2) is 25.5 Å². The molecule has 0 amide bonds. The van der Waals surface area contributed by atoms with E-state index in [9.17, 15) is 9.59 Å². The summed E-state index contributed by atoms with van der Waals surface area (Å²) in [7, 11) is 1.59. The van der Waals surface area contributed by atoms with Crippen LogP contribution in [0.1, 0.15) is 17.3 Å². The molecule has 19 heavy (non-hydrogen) atoms. The van der Waals surface area contributed by atoms with Gasteiger partial charge in [-0.25, -0.2) is 0 Å². The first-order valence-electron chi connectivity index (χ1n) is 5.86. The highest BCUT2D eigenvalue weighted by Crippen LogP contribution is 2.28. The Balaban J connectivity index is 2.44. The van der Waals surface area contributed by atoms with Crippen LogP contribution in [0.2, 0.25) is 0 Å². The first kappa shape index (κ1) is 13.1. The predicted octanol–water partition coefficient (Wildman–Crippen LogP) is 2.59. The number of ether oxygens (including phenoxy) is 2. The van der Waals surface area contributed by atoms with Crippen molar-refractivity contribution in [3.05, 3.63) is 42.0 Å². The molecular weight excluding hydrogens is 244 g/mol. The Hall–Kier alpha value is -2.36. The summed E-state index contributed by atoms with van der Waals surface area (Å²) in [5.74, 6) is 0.0138. The van der Waals surface area contributed by atoms with E-state index in [1.807, 2.05) is 24.3 Å². The molecule has 0 bridgehead atoms. The van der Waals surface area contributed by atoms with Crippen molar-refractivity contribution >= 4 is 22.5 Å². The zero-order valence-corrected chi connectivity index (χ0v) is 10.8. The molecule has 2 aromatic carbocycles. The van der Waals surface area contributed by atoms with Crippen LogP contribution in [0.5, 0.6) is 5.75 Å². The zero-order chi connectivity index (χ0) is 13.8. The van der Waals surface area contributed by atoms with Crippen LogP contribution in [0.4, 0.5) is 0 Å². The molecule has 0 spiro atoms. The molecule has 0 aromatic heterocycles. The lowest BCUT2D eigenvalue weighted by Gasteiger charge is -2.09. The summed E-state index contributed by atoms with van der Waals surface area (Å²) in [4.78, 5) is 22.8. The van der Waals surface area contributed by atoms with Gasteiger partial charge in [0.15, 0.2) is 6.61 Å². The van der Waals surface area contributed by atoms with Crippen LogP contribution in [0.3, 0.4) is 0 Å². The number of hydrogen-bond acceptors (Lipinski definition) is 4. The molecular formula is C15H14O4. The number of fused-ring (bicyclic) bond motifs is 1. The largest absolute Gasteiger partial charge is 0.496 e. The van der Waals surface area contributed by atoms with Crippen molar-refractivity contribution in [2.75, 3.05) is 13.7 Å². The van der Waals surface area contributed by atoms with E-state index in [4.69, 9.17) is 9.47 Å². The molecule has 0 aliphatic rings. The molecule has 0 fully saturated rings. The first-order valence-corrected chi connectivity index (χ1v) is 5.86. The van der Waals surface area contributed by atoms with Crippen molar-refractivity contribution in [2.24, 2.45) is 0 Å². The topological polar surface area (TPSA) is 52.6 Å². The second-order valence-electron chi connectivity index (χ2n) is 4.06. The SMILES string of the molecule is COc1ccc(C(=O)COC(C)=O)c2ccccc12. The molecule has 0 saturated heterocycles. The number of methoxy groups -OCH3 is 1. The highest BCUT2D eigenvalue weighted by Gasteiger charge is 2.13. The molecule has 0 unspecified atom stereocenters. The second kappa shape index (κ2) is 5.52. The molecule has 98 valence electrons. The molecule has 0 aliphatic heterocycles. The first-order chi connectivity index (χ1) is 9.13. The average Bonchev–Trinajstić information content (AvgIpc) is 2.43. The third-order valence-electron chi connectivity index (χ3n) is 2.81. The Morgan fingerprint density at radius 3 is 2.37 bits per heavy atom. The number of carbonyl (C=O) groups excluding carboxylic acids is 2. The summed E-state index contributed by atoms with van der Waals surface area (Å²) >= 11 is 0. The molecule has 0 saturated carbocycles. The van der Waals surface area contributed by atoms with E-state index in [1.54, 1.807) is 19.2 Å². The van der Waals surface area contributed by atoms with Crippen molar-refractivity contribution in [3.63, 3.8) is 0 Å². The maximum absolute atomic E-state index is 12.0. The van der Waals surface area contributed by atoms with Crippen molar-refractivity contribution in [1.29, 1.82) is 0 Å². The molecule has 0 atom stereocenters. The number of benzene rings is 2. The number of carbonyl (C=O) groups is 2. The smallest absolute Gasteiger partial charge is 0.303 e. The lowest BCUT2D eigenvalue weighted by atomic mass is 10.0. The van der Waals surface area contributed by atoms with E-state index < -0.39 is 5.97 Å². The van der Waals surface area contributed by atoms with Gasteiger partial charge in [0.1, 0.15) is 5.75 Å². The number of hydrogen-bond donors (Lipinski definition) is 0. The fraction of sp³-hybridized carbons (Fsp3) is 0.200. The van der Waals surface area contributed by atoms with Crippen molar-refractivity contribution in [2.45, 2.75) is 6.92 Å². The van der Waals surface area contributed by atoms with E-state index in [-0.39, 0.29) is 12.4 Å². The number of rotatable bonds is 4. The number of Topliss-reactive ketones (excluding diaryl/α,β-unsaturated/α-hetero) is 1. The van der Waals surface area contributed by atoms with Crippen LogP contribution in [0, 0.1) is 0 Å². The van der Waals surface area contributed by atoms with Gasteiger partial charge in [0, 0.05) is 17.9 Å². The highest BCUT2D eigenvalue weighted by atomic mass is 16.5. The van der Waals surface area contributed by atoms with Crippen LogP contribution in [0.25, 0.3) is 10.8 Å². The van der Waals surface area contributed by atoms with Crippen molar-refractivity contribution < 1.29 is 19.1 Å². The Morgan fingerprint density at radius 1 is 1.05 bits per heavy atom. The van der Waals surface area contributed by atoms with E-state index in [2.05, 4.69) is 0 Å². The monoisotopic (exact) mass is 258 g/mol. The maximum Gasteiger partial charge on any atom is 0.303 e. The summed E-state index contributed by atoms with van der Waals surface area (Å²) in [5.41, 5.74) is 0.526. The fourth-order valence-corrected chi connectivity index (χ4v) is 1.94. The van der Waals surface area contributed by atoms with Crippen molar-refractivity contribution in [3.8, 4) is 5.75 Å². The van der Waals surface area contributed by atoms with E-state index in [0.717, 1.165) is 10.8 Å². The van der Waals surface area contributed by atoms with Gasteiger partial charge in [-0.2, -0.15) is 0 Å². The lowest BCUT2D eigenvalue weighted by molar-refractivity contribution is -0.139. The van der Waals surface area contributed by atoms with Gasteiger partial charge >= 0.3 is 5.97 Å². The van der Waals surface area contributed by atoms with Crippen molar-refractivity contribution in [1.82, 2.24) is 0 Å². The summed E-state index contributed by atoms with van der Waals surface area (Å²) < 4.78 is 10.0. The third kappa shape index (κ3) is 2.73. The van der Waals surface area contributed by atoms with Gasteiger partial charge in [-0.3, -0.25) is 9.59 Å². The van der Waals surface area contributed by atoms with Gasteiger partial charge in [-0.1, -0.05) is 24.3 Å². The molecule has 0 aliphatic carbocycles. The summed E-state index contributed by atoms with van der Waals surface area (Å²) in [6.45, 7) is 1.03. The quantitative estimate of drug-likeness (QED) is 0.624. The molecule has 0 N–H and O–H groups in total. The zero-order valence-electron chi connectivity index (χ0n) is 10.8. The Morgan fingerprint density at radius 2 is 1.74 bits per heavy atom. The summed E-state index contributed by atoms with van der Waals surface area (Å²) in [6.07, 6.45) is 0. The van der Waals surface area contributed by atoms with E-state index in [0.29, 0.717) is 11.3 Å². The minimum absolute atomic E-state index is 0.228. The third-order valence-corrected chi connectivity index (χ3v) is 2.81. The maximum atomic E-state index is 12.0. The molecule has 0 heterocycles. The van der Waals surface area contributed by atoms with E-state index >= 15 is 0 Å². The standard InChI is InChI=1S/C15H14O4/c1-10(16)19-9-14(17)12-7-8-15(18-2)13-6-4-3-5-11(12)13/h3-8H,9H2,1-2H3. The Bertz CT molecular complexity index is 631. The van der Waals surface area contributed by atoms with Gasteiger partial charge in [-0.15, -0.1) is 0 Å². The number of ketones is 1. The highest BCUT2D eigenvalue weighted by molar-refractivity contribution is 6.10. The Kier molecular flexibility index (Phi) is 3.80.